The van der Waals surface area contributed by atoms with E-state index >= 15 is 0 Å². The summed E-state index contributed by atoms with van der Waals surface area (Å²) in [6.45, 7) is -0.180. The molecule has 0 spiro atoms. The maximum Gasteiger partial charge on any atom is 0.421 e. The highest BCUT2D eigenvalue weighted by molar-refractivity contribution is 7.90. The van der Waals surface area contributed by atoms with Crippen LogP contribution in [0.25, 0.3) is 21.5 Å². The quantitative estimate of drug-likeness (QED) is 0.279. The molecule has 0 atom stereocenters. The number of carbonyl (C=O) groups excluding carboxylic acids is 1. The van der Waals surface area contributed by atoms with Gasteiger partial charge in [0.15, 0.2) is 4.90 Å². The molecule has 31 heavy (non-hydrogen) atoms. The smallest absolute Gasteiger partial charge is 0.421 e. The van der Waals surface area contributed by atoms with Gasteiger partial charge in [0.2, 0.25) is 0 Å². The Hall–Kier alpha value is -3.98. The van der Waals surface area contributed by atoms with Crippen molar-refractivity contribution in [1.29, 1.82) is 0 Å². The van der Waals surface area contributed by atoms with E-state index in [1.54, 1.807) is 4.72 Å². The summed E-state index contributed by atoms with van der Waals surface area (Å²) in [7, 11) is -4.49. The molecule has 1 amide bonds. The zero-order chi connectivity index (χ0) is 22.0. The summed E-state index contributed by atoms with van der Waals surface area (Å²) >= 11 is 0. The molecule has 4 aromatic carbocycles. The number of nitro benzene ring substituents is 1. The van der Waals surface area contributed by atoms with E-state index in [0.717, 1.165) is 39.2 Å². The first-order valence-corrected chi connectivity index (χ1v) is 10.7. The van der Waals surface area contributed by atoms with E-state index in [1.165, 1.54) is 12.1 Å². The largest absolute Gasteiger partial charge is 0.444 e. The Labute approximate surface area is 177 Å². The molecule has 8 nitrogen and oxygen atoms in total. The van der Waals surface area contributed by atoms with Gasteiger partial charge in [0.05, 0.1) is 4.92 Å². The number of sulfonamides is 1. The van der Waals surface area contributed by atoms with E-state index < -0.39 is 31.6 Å². The molecule has 0 fully saturated rings. The van der Waals surface area contributed by atoms with E-state index in [4.69, 9.17) is 4.74 Å². The van der Waals surface area contributed by atoms with Crippen molar-refractivity contribution in [3.05, 3.63) is 94.5 Å². The summed E-state index contributed by atoms with van der Waals surface area (Å²) in [6, 6.07) is 21.9. The van der Waals surface area contributed by atoms with Crippen molar-refractivity contribution in [1.82, 2.24) is 4.72 Å². The molecular weight excluding hydrogens is 420 g/mol. The van der Waals surface area contributed by atoms with Crippen LogP contribution in [0.3, 0.4) is 0 Å². The van der Waals surface area contributed by atoms with Crippen LogP contribution in [-0.2, 0) is 21.4 Å². The van der Waals surface area contributed by atoms with Crippen molar-refractivity contribution in [3.8, 4) is 0 Å². The predicted molar refractivity (Wildman–Crippen MR) is 115 cm³/mol. The number of carbonyl (C=O) groups is 1. The number of hydrogen-bond donors (Lipinski definition) is 1. The molecule has 0 unspecified atom stereocenters. The average molecular weight is 436 g/mol. The van der Waals surface area contributed by atoms with Crippen LogP contribution in [0.15, 0.2) is 83.8 Å². The monoisotopic (exact) mass is 436 g/mol. The average Bonchev–Trinajstić information content (AvgIpc) is 2.76. The van der Waals surface area contributed by atoms with Gasteiger partial charge >= 0.3 is 6.09 Å². The standard InChI is InChI=1S/C22H16N2O6S/c25-22(23-31(28,29)21-12-6-5-11-20(21)24(26)27)30-14-19-17-9-3-1-7-15(17)13-16-8-2-4-10-18(16)19/h1-13H,14H2,(H,23,25). The van der Waals surface area contributed by atoms with Gasteiger partial charge in [0.25, 0.3) is 15.7 Å². The van der Waals surface area contributed by atoms with Crippen LogP contribution in [0.4, 0.5) is 10.5 Å². The zero-order valence-corrected chi connectivity index (χ0v) is 16.8. The molecule has 0 saturated carbocycles. The lowest BCUT2D eigenvalue weighted by Crippen LogP contribution is -2.31. The molecule has 0 aromatic heterocycles. The molecule has 0 aliphatic heterocycles. The topological polar surface area (TPSA) is 116 Å². The summed E-state index contributed by atoms with van der Waals surface area (Å²) < 4.78 is 31.9. The summed E-state index contributed by atoms with van der Waals surface area (Å²) in [4.78, 5) is 21.9. The van der Waals surface area contributed by atoms with E-state index in [-0.39, 0.29) is 6.61 Å². The highest BCUT2D eigenvalue weighted by Crippen LogP contribution is 2.29. The lowest BCUT2D eigenvalue weighted by atomic mass is 9.97. The van der Waals surface area contributed by atoms with Crippen molar-refractivity contribution in [2.75, 3.05) is 0 Å². The lowest BCUT2D eigenvalue weighted by Gasteiger charge is -2.13. The molecule has 1 N–H and O–H groups in total. The molecular formula is C22H16N2O6S. The maximum atomic E-state index is 12.5. The van der Waals surface area contributed by atoms with E-state index in [0.29, 0.717) is 0 Å². The third kappa shape index (κ3) is 4.03. The fraction of sp³-hybridized carbons (Fsp3) is 0.0455. The van der Waals surface area contributed by atoms with Gasteiger partial charge in [-0.1, -0.05) is 60.7 Å². The second-order valence-electron chi connectivity index (χ2n) is 6.70. The Morgan fingerprint density at radius 1 is 0.903 bits per heavy atom. The number of nitro groups is 1. The number of fused-ring (bicyclic) bond motifs is 2. The highest BCUT2D eigenvalue weighted by atomic mass is 32.2. The second kappa shape index (κ2) is 8.04. The minimum atomic E-state index is -4.49. The van der Waals surface area contributed by atoms with Crippen molar-refractivity contribution in [3.63, 3.8) is 0 Å². The number of benzene rings is 4. The Morgan fingerprint density at radius 3 is 2.06 bits per heavy atom. The van der Waals surface area contributed by atoms with Gasteiger partial charge in [-0.05, 0) is 33.7 Å². The van der Waals surface area contributed by atoms with Crippen LogP contribution < -0.4 is 4.72 Å². The SMILES string of the molecule is O=C(NS(=O)(=O)c1ccccc1[N+](=O)[O-])OCc1c2ccccc2cc2ccccc12. The van der Waals surface area contributed by atoms with E-state index in [2.05, 4.69) is 0 Å². The first kappa shape index (κ1) is 20.3. The third-order valence-corrected chi connectivity index (χ3v) is 6.16. The van der Waals surface area contributed by atoms with Crippen molar-refractivity contribution in [2.24, 2.45) is 0 Å². The summed E-state index contributed by atoms with van der Waals surface area (Å²) in [6.07, 6.45) is -1.23. The van der Waals surface area contributed by atoms with Gasteiger partial charge in [0.1, 0.15) is 6.61 Å². The number of nitrogens with zero attached hydrogens (tertiary/aromatic N) is 1. The van der Waals surface area contributed by atoms with Crippen LogP contribution >= 0.6 is 0 Å². The third-order valence-electron chi connectivity index (χ3n) is 4.80. The van der Waals surface area contributed by atoms with Crippen molar-refractivity contribution >= 4 is 43.3 Å². The van der Waals surface area contributed by atoms with E-state index in [9.17, 15) is 23.3 Å². The minimum absolute atomic E-state index is 0.180. The van der Waals surface area contributed by atoms with Crippen LogP contribution in [0.1, 0.15) is 5.56 Å². The van der Waals surface area contributed by atoms with Gasteiger partial charge in [-0.2, -0.15) is 0 Å². The Kier molecular flexibility index (Phi) is 5.26. The summed E-state index contributed by atoms with van der Waals surface area (Å²) in [5.74, 6) is 0. The predicted octanol–water partition coefficient (Wildman–Crippen LogP) is 4.52. The molecule has 0 bridgehead atoms. The lowest BCUT2D eigenvalue weighted by molar-refractivity contribution is -0.387. The number of hydrogen-bond acceptors (Lipinski definition) is 6. The molecule has 4 aromatic rings. The van der Waals surface area contributed by atoms with Crippen LogP contribution in [0.2, 0.25) is 0 Å². The number of ether oxygens (including phenoxy) is 1. The fourth-order valence-corrected chi connectivity index (χ4v) is 4.49. The maximum absolute atomic E-state index is 12.5. The van der Waals surface area contributed by atoms with Gasteiger partial charge < -0.3 is 4.74 Å². The molecule has 0 saturated heterocycles. The van der Waals surface area contributed by atoms with Crippen molar-refractivity contribution in [2.45, 2.75) is 11.5 Å². The van der Waals surface area contributed by atoms with Crippen LogP contribution in [-0.4, -0.2) is 19.4 Å². The number of amides is 1. The van der Waals surface area contributed by atoms with Gasteiger partial charge in [0, 0.05) is 11.6 Å². The number of nitrogens with one attached hydrogen (secondary N) is 1. The molecule has 0 heterocycles. The first-order chi connectivity index (χ1) is 14.9. The van der Waals surface area contributed by atoms with Crippen LogP contribution in [0.5, 0.6) is 0 Å². The number of para-hydroxylation sites is 1. The molecule has 0 radical (unpaired) electrons. The molecule has 156 valence electrons. The highest BCUT2D eigenvalue weighted by Gasteiger charge is 2.27. The van der Waals surface area contributed by atoms with E-state index in [1.807, 2.05) is 54.6 Å². The molecule has 0 aliphatic carbocycles. The van der Waals surface area contributed by atoms with Gasteiger partial charge in [-0.3, -0.25) is 10.1 Å². The first-order valence-electron chi connectivity index (χ1n) is 9.19. The summed E-state index contributed by atoms with van der Waals surface area (Å²) in [5, 5.41) is 14.8. The van der Waals surface area contributed by atoms with Gasteiger partial charge in [-0.15, -0.1) is 0 Å². The fourth-order valence-electron chi connectivity index (χ4n) is 3.43. The van der Waals surface area contributed by atoms with Crippen LogP contribution in [0, 0.1) is 10.1 Å². The second-order valence-corrected chi connectivity index (χ2v) is 8.35. The Bertz CT molecular complexity index is 1380. The Balaban J connectivity index is 1.61. The van der Waals surface area contributed by atoms with Crippen molar-refractivity contribution < 1.29 is 22.9 Å². The molecule has 0 aliphatic rings. The van der Waals surface area contributed by atoms with Gasteiger partial charge in [-0.25, -0.2) is 17.9 Å². The Morgan fingerprint density at radius 2 is 1.45 bits per heavy atom. The zero-order valence-electron chi connectivity index (χ0n) is 16.0. The number of rotatable bonds is 5. The minimum Gasteiger partial charge on any atom is -0.444 e. The summed E-state index contributed by atoms with van der Waals surface area (Å²) in [5.41, 5.74) is 0.0924. The normalized spacial score (nSPS) is 11.4. The molecule has 4 rings (SSSR count). The molecule has 9 heteroatoms.